The Labute approximate surface area is 200 Å². The van der Waals surface area contributed by atoms with Gasteiger partial charge in [-0.15, -0.1) is 0 Å². The van der Waals surface area contributed by atoms with Crippen molar-refractivity contribution in [3.8, 4) is 5.75 Å². The number of nitrogens with one attached hydrogen (secondary N) is 1. The highest BCUT2D eigenvalue weighted by molar-refractivity contribution is 6.19. The van der Waals surface area contributed by atoms with Crippen molar-refractivity contribution in [2.24, 2.45) is 4.99 Å². The van der Waals surface area contributed by atoms with Gasteiger partial charge in [-0.3, -0.25) is 20.0 Å². The maximum absolute atomic E-state index is 13.4. The number of ether oxygens (including phenoxy) is 1. The van der Waals surface area contributed by atoms with Gasteiger partial charge in [0.05, 0.1) is 25.4 Å². The lowest BCUT2D eigenvalue weighted by Crippen LogP contribution is -2.61. The van der Waals surface area contributed by atoms with E-state index in [4.69, 9.17) is 9.73 Å². The van der Waals surface area contributed by atoms with Gasteiger partial charge in [0.15, 0.2) is 0 Å². The molecule has 1 atom stereocenters. The molecule has 0 aromatic heterocycles. The second kappa shape index (κ2) is 9.49. The highest BCUT2D eigenvalue weighted by Gasteiger charge is 2.54. The first-order valence-electron chi connectivity index (χ1n) is 12.3. The van der Waals surface area contributed by atoms with Crippen LogP contribution in [0.1, 0.15) is 55.3 Å². The quantitative estimate of drug-likeness (QED) is 0.723. The molecule has 2 aromatic carbocycles. The summed E-state index contributed by atoms with van der Waals surface area (Å²) in [6, 6.07) is 16.9. The van der Waals surface area contributed by atoms with E-state index in [0.717, 1.165) is 31.4 Å². The number of piperidine rings is 1. The number of likely N-dealkylation sites (tertiary alicyclic amines) is 1. The summed E-state index contributed by atoms with van der Waals surface area (Å²) in [7, 11) is 1.62. The smallest absolute Gasteiger partial charge is 0.328 e. The SMILES string of the molecule is COc1cccc(N2C(=O)NC(=NC3CCCCC3)C23CCCN(C(=O)c2ccccc2)C3)c1. The Hall–Kier alpha value is -3.35. The van der Waals surface area contributed by atoms with E-state index >= 15 is 0 Å². The van der Waals surface area contributed by atoms with Crippen LogP contribution in [-0.4, -0.2) is 54.5 Å². The molecule has 0 radical (unpaired) electrons. The van der Waals surface area contributed by atoms with Crippen LogP contribution in [0.3, 0.4) is 0 Å². The number of methoxy groups -OCH3 is 1. The van der Waals surface area contributed by atoms with Gasteiger partial charge >= 0.3 is 6.03 Å². The Morgan fingerprint density at radius 3 is 2.62 bits per heavy atom. The average molecular weight is 461 g/mol. The number of amides is 3. The number of carbonyl (C=O) groups excluding carboxylic acids is 2. The lowest BCUT2D eigenvalue weighted by molar-refractivity contribution is 0.0686. The van der Waals surface area contributed by atoms with Crippen LogP contribution in [0.15, 0.2) is 59.6 Å². The summed E-state index contributed by atoms with van der Waals surface area (Å²) >= 11 is 0. The standard InChI is InChI=1S/C27H32N4O3/c1-34-23-15-8-14-22(18-23)31-26(33)29-25(28-21-12-6-3-7-13-21)27(31)16-9-17-30(19-27)24(32)20-10-4-2-5-11-20/h2,4-5,8,10-11,14-15,18,21H,3,6-7,9,12-13,16-17,19H2,1H3,(H,28,29,33). The van der Waals surface area contributed by atoms with E-state index in [2.05, 4.69) is 5.32 Å². The van der Waals surface area contributed by atoms with Gasteiger partial charge in [-0.1, -0.05) is 43.5 Å². The van der Waals surface area contributed by atoms with Gasteiger partial charge in [0.2, 0.25) is 0 Å². The third-order valence-corrected chi connectivity index (χ3v) is 7.27. The monoisotopic (exact) mass is 460 g/mol. The van der Waals surface area contributed by atoms with E-state index in [1.165, 1.54) is 19.3 Å². The summed E-state index contributed by atoms with van der Waals surface area (Å²) in [4.78, 5) is 35.6. The molecule has 2 aliphatic heterocycles. The highest BCUT2D eigenvalue weighted by Crippen LogP contribution is 2.39. The number of anilines is 1. The lowest BCUT2D eigenvalue weighted by atomic mass is 9.85. The molecule has 2 saturated heterocycles. The number of hydrogen-bond donors (Lipinski definition) is 1. The number of rotatable bonds is 4. The maximum atomic E-state index is 13.4. The number of urea groups is 1. The van der Waals surface area contributed by atoms with Crippen LogP contribution in [0.25, 0.3) is 0 Å². The Kier molecular flexibility index (Phi) is 6.26. The van der Waals surface area contributed by atoms with Gasteiger partial charge in [-0.2, -0.15) is 0 Å². The molecule has 7 heteroatoms. The van der Waals surface area contributed by atoms with Gasteiger partial charge in [-0.05, 0) is 49.9 Å². The molecule has 3 amide bonds. The summed E-state index contributed by atoms with van der Waals surface area (Å²) in [6.07, 6.45) is 7.20. The van der Waals surface area contributed by atoms with Crippen molar-refractivity contribution in [1.29, 1.82) is 0 Å². The molecule has 1 spiro atoms. The van der Waals surface area contributed by atoms with Gasteiger partial charge in [-0.25, -0.2) is 4.79 Å². The van der Waals surface area contributed by atoms with Gasteiger partial charge in [0, 0.05) is 18.2 Å². The minimum Gasteiger partial charge on any atom is -0.497 e. The van der Waals surface area contributed by atoms with E-state index < -0.39 is 5.54 Å². The van der Waals surface area contributed by atoms with Crippen molar-refractivity contribution in [3.05, 3.63) is 60.2 Å². The fraction of sp³-hybridized carbons (Fsp3) is 0.444. The molecule has 3 aliphatic rings. The summed E-state index contributed by atoms with van der Waals surface area (Å²) in [5.74, 6) is 1.38. The van der Waals surface area contributed by atoms with Crippen LogP contribution in [0.4, 0.5) is 10.5 Å². The number of hydrogen-bond acceptors (Lipinski definition) is 4. The summed E-state index contributed by atoms with van der Waals surface area (Å²) in [5.41, 5.74) is 0.694. The number of carbonyl (C=O) groups is 2. The fourth-order valence-electron chi connectivity index (χ4n) is 5.58. The number of nitrogens with zero attached hydrogens (tertiary/aromatic N) is 3. The molecular weight excluding hydrogens is 428 g/mol. The van der Waals surface area contributed by atoms with Crippen LogP contribution in [0, 0.1) is 0 Å². The molecule has 0 bridgehead atoms. The molecule has 7 nitrogen and oxygen atoms in total. The lowest BCUT2D eigenvalue weighted by Gasteiger charge is -2.44. The zero-order chi connectivity index (χ0) is 23.5. The number of aliphatic imine (C=N–C) groups is 1. The number of amidine groups is 1. The van der Waals surface area contributed by atoms with Crippen LogP contribution < -0.4 is 15.0 Å². The van der Waals surface area contributed by atoms with E-state index in [1.807, 2.05) is 64.4 Å². The molecule has 1 unspecified atom stereocenters. The van der Waals surface area contributed by atoms with Crippen molar-refractivity contribution in [2.75, 3.05) is 25.1 Å². The summed E-state index contributed by atoms with van der Waals surface area (Å²) in [5, 5.41) is 3.11. The molecule has 1 N–H and O–H groups in total. The largest absolute Gasteiger partial charge is 0.497 e. The van der Waals surface area contributed by atoms with E-state index in [0.29, 0.717) is 30.2 Å². The first kappa shape index (κ1) is 22.4. The van der Waals surface area contributed by atoms with Crippen molar-refractivity contribution in [1.82, 2.24) is 10.2 Å². The number of benzene rings is 2. The Balaban J connectivity index is 1.55. The second-order valence-corrected chi connectivity index (χ2v) is 9.46. The molecule has 1 aliphatic carbocycles. The third-order valence-electron chi connectivity index (χ3n) is 7.27. The van der Waals surface area contributed by atoms with Gasteiger partial charge in [0.25, 0.3) is 5.91 Å². The van der Waals surface area contributed by atoms with Crippen molar-refractivity contribution in [3.63, 3.8) is 0 Å². The predicted molar refractivity (Wildman–Crippen MR) is 133 cm³/mol. The third kappa shape index (κ3) is 4.15. The average Bonchev–Trinajstić information content (AvgIpc) is 3.14. The van der Waals surface area contributed by atoms with Gasteiger partial charge < -0.3 is 9.64 Å². The van der Waals surface area contributed by atoms with Crippen molar-refractivity contribution < 1.29 is 14.3 Å². The molecule has 5 rings (SSSR count). The van der Waals surface area contributed by atoms with E-state index in [-0.39, 0.29) is 18.0 Å². The first-order valence-corrected chi connectivity index (χ1v) is 12.3. The normalized spacial score (nSPS) is 24.5. The Morgan fingerprint density at radius 1 is 1.06 bits per heavy atom. The van der Waals surface area contributed by atoms with Crippen LogP contribution in [-0.2, 0) is 0 Å². The zero-order valence-electron chi connectivity index (χ0n) is 19.7. The van der Waals surface area contributed by atoms with E-state index in [1.54, 1.807) is 7.11 Å². The molecule has 2 aromatic rings. The maximum Gasteiger partial charge on any atom is 0.328 e. The minimum absolute atomic E-state index is 0.0124. The van der Waals surface area contributed by atoms with Crippen LogP contribution >= 0.6 is 0 Å². The molecule has 34 heavy (non-hydrogen) atoms. The molecule has 2 heterocycles. The Bertz CT molecular complexity index is 1080. The minimum atomic E-state index is -0.719. The van der Waals surface area contributed by atoms with Crippen molar-refractivity contribution >= 4 is 23.5 Å². The molecular formula is C27H32N4O3. The Morgan fingerprint density at radius 2 is 1.85 bits per heavy atom. The first-order chi connectivity index (χ1) is 16.6. The molecule has 3 fully saturated rings. The highest BCUT2D eigenvalue weighted by atomic mass is 16.5. The fourth-order valence-corrected chi connectivity index (χ4v) is 5.58. The van der Waals surface area contributed by atoms with Gasteiger partial charge in [0.1, 0.15) is 17.1 Å². The summed E-state index contributed by atoms with van der Waals surface area (Å²) < 4.78 is 5.44. The summed E-state index contributed by atoms with van der Waals surface area (Å²) in [6.45, 7) is 1.06. The van der Waals surface area contributed by atoms with Crippen LogP contribution in [0.5, 0.6) is 5.75 Å². The van der Waals surface area contributed by atoms with Crippen molar-refractivity contribution in [2.45, 2.75) is 56.5 Å². The van der Waals surface area contributed by atoms with E-state index in [9.17, 15) is 9.59 Å². The molecule has 1 saturated carbocycles. The topological polar surface area (TPSA) is 74.2 Å². The van der Waals surface area contributed by atoms with Crippen LogP contribution in [0.2, 0.25) is 0 Å². The zero-order valence-corrected chi connectivity index (χ0v) is 19.7. The second-order valence-electron chi connectivity index (χ2n) is 9.46. The molecule has 178 valence electrons. The predicted octanol–water partition coefficient (Wildman–Crippen LogP) is 4.63.